The number of hydrogen-bond acceptors (Lipinski definition) is 2. The maximum Gasteiger partial charge on any atom is 0 e. The molecule has 0 N–H and O–H groups in total. The molecule has 0 fully saturated rings. The van der Waals surface area contributed by atoms with E-state index in [1.54, 1.807) is 0 Å². The van der Waals surface area contributed by atoms with Gasteiger partial charge in [-0.3, -0.25) is 0 Å². The molecule has 0 aromatic heterocycles. The molecule has 0 aromatic rings. The van der Waals surface area contributed by atoms with Gasteiger partial charge in [-0.15, -0.1) is 0 Å². The molecule has 4 heavy (non-hydrogen) atoms. The average molecular weight is 183 g/mol. The summed E-state index contributed by atoms with van der Waals surface area (Å²) in [6, 6.07) is 0. The van der Waals surface area contributed by atoms with Crippen molar-refractivity contribution in [2.45, 2.75) is 0 Å². The minimum absolute atomic E-state index is 0. The summed E-state index contributed by atoms with van der Waals surface area (Å²) in [6.07, 6.45) is 0. The molecule has 25 valence electrons. The Balaban J connectivity index is 0. The van der Waals surface area contributed by atoms with E-state index in [1.165, 1.54) is 0 Å². The molecule has 0 unspecified atom stereocenters. The SMILES string of the molecule is [O]=[Ti]=[O].[Rh]. The fourth-order valence-corrected chi connectivity index (χ4v) is 0. The Morgan fingerprint density at radius 3 is 1.25 bits per heavy atom. The molecule has 0 amide bonds. The van der Waals surface area contributed by atoms with Crippen LogP contribution < -0.4 is 0 Å². The van der Waals surface area contributed by atoms with Gasteiger partial charge in [-0.05, 0) is 0 Å². The first-order valence-electron chi connectivity index (χ1n) is 0.408. The van der Waals surface area contributed by atoms with Crippen molar-refractivity contribution in [3.8, 4) is 0 Å². The molecule has 4 heteroatoms. The summed E-state index contributed by atoms with van der Waals surface area (Å²) in [5.74, 6) is 0. The fraction of sp³-hybridized carbons (Fsp3) is 0. The van der Waals surface area contributed by atoms with E-state index >= 15 is 0 Å². The molecule has 0 aromatic carbocycles. The molecule has 0 aliphatic heterocycles. The van der Waals surface area contributed by atoms with Gasteiger partial charge in [0.05, 0.1) is 0 Å². The van der Waals surface area contributed by atoms with E-state index in [9.17, 15) is 0 Å². The smallest absolute Gasteiger partial charge is 0 e. The van der Waals surface area contributed by atoms with E-state index in [2.05, 4.69) is 0 Å². The van der Waals surface area contributed by atoms with E-state index < -0.39 is 19.1 Å². The second-order valence-corrected chi connectivity index (χ2v) is 0.344. The average Bonchev–Trinajstić information content (AvgIpc) is 0.918. The van der Waals surface area contributed by atoms with Crippen molar-refractivity contribution in [3.05, 3.63) is 0 Å². The zero-order valence-electron chi connectivity index (χ0n) is 1.65. The van der Waals surface area contributed by atoms with Gasteiger partial charge in [0.1, 0.15) is 0 Å². The van der Waals surface area contributed by atoms with Gasteiger partial charge < -0.3 is 0 Å². The van der Waals surface area contributed by atoms with Crippen LogP contribution in [-0.4, -0.2) is 0 Å². The van der Waals surface area contributed by atoms with E-state index in [0.29, 0.717) is 0 Å². The molecular formula is O2RhTi. The van der Waals surface area contributed by atoms with Crippen LogP contribution in [0.25, 0.3) is 0 Å². The van der Waals surface area contributed by atoms with E-state index in [4.69, 9.17) is 6.65 Å². The largest absolute Gasteiger partial charge is 0 e. The van der Waals surface area contributed by atoms with Crippen LogP contribution in [0.15, 0.2) is 0 Å². The minimum atomic E-state index is -2.00. The van der Waals surface area contributed by atoms with Gasteiger partial charge in [0, 0.05) is 19.5 Å². The molecule has 0 bridgehead atoms. The first-order chi connectivity index (χ1) is 1.41. The molecule has 2 nitrogen and oxygen atoms in total. The molecule has 0 aliphatic rings. The van der Waals surface area contributed by atoms with Crippen LogP contribution in [-0.2, 0) is 45.2 Å². The molecule has 0 heterocycles. The second-order valence-electron chi connectivity index (χ2n) is 0.0833. The Hall–Kier alpha value is 0.938. The standard InChI is InChI=1S/2O.Rh.Ti. The molecule has 1 radical (unpaired) electrons. The normalized spacial score (nSPS) is 2.00. The Morgan fingerprint density at radius 2 is 1.25 bits per heavy atom. The first kappa shape index (κ1) is 8.87. The fourth-order valence-electron chi connectivity index (χ4n) is 0. The summed E-state index contributed by atoms with van der Waals surface area (Å²) in [7, 11) is 0. The van der Waals surface area contributed by atoms with Crippen molar-refractivity contribution in [1.82, 2.24) is 0 Å². The predicted molar refractivity (Wildman–Crippen MR) is 1.37 cm³/mol. The van der Waals surface area contributed by atoms with Crippen molar-refractivity contribution < 1.29 is 45.2 Å². The summed E-state index contributed by atoms with van der Waals surface area (Å²) in [5, 5.41) is 0. The minimum Gasteiger partial charge on any atom is 0 e. The van der Waals surface area contributed by atoms with Crippen LogP contribution in [0.4, 0.5) is 0 Å². The van der Waals surface area contributed by atoms with Crippen molar-refractivity contribution in [3.63, 3.8) is 0 Å². The van der Waals surface area contributed by atoms with E-state index in [1.807, 2.05) is 0 Å². The van der Waals surface area contributed by atoms with Gasteiger partial charge >= 0.3 is 25.7 Å². The molecule has 0 spiro atoms. The first-order valence-corrected chi connectivity index (χ1v) is 1.68. The topological polar surface area (TPSA) is 34.1 Å². The van der Waals surface area contributed by atoms with Crippen LogP contribution in [0, 0.1) is 0 Å². The molecule has 0 atom stereocenters. The van der Waals surface area contributed by atoms with E-state index in [-0.39, 0.29) is 19.5 Å². The van der Waals surface area contributed by atoms with Crippen molar-refractivity contribution in [1.29, 1.82) is 0 Å². The van der Waals surface area contributed by atoms with Crippen molar-refractivity contribution >= 4 is 0 Å². The maximum atomic E-state index is 8.50. The summed E-state index contributed by atoms with van der Waals surface area (Å²) in [4.78, 5) is 0. The summed E-state index contributed by atoms with van der Waals surface area (Å²) in [6.45, 7) is 0. The molecule has 0 saturated carbocycles. The Bertz CT molecular complexity index is 27.0. The van der Waals surface area contributed by atoms with Gasteiger partial charge in [0.2, 0.25) is 0 Å². The van der Waals surface area contributed by atoms with Crippen molar-refractivity contribution in [2.75, 3.05) is 0 Å². The maximum absolute atomic E-state index is 8.50. The predicted octanol–water partition coefficient (Wildman–Crippen LogP) is -0.243. The molecule has 0 aliphatic carbocycles. The Morgan fingerprint density at radius 1 is 1.25 bits per heavy atom. The summed E-state index contributed by atoms with van der Waals surface area (Å²) >= 11 is -2.00. The van der Waals surface area contributed by atoms with Crippen LogP contribution in [0.2, 0.25) is 0 Å². The zero-order chi connectivity index (χ0) is 2.71. The summed E-state index contributed by atoms with van der Waals surface area (Å²) < 4.78 is 17.0. The number of hydrogen-bond donors (Lipinski definition) is 0. The third-order valence-corrected chi connectivity index (χ3v) is 0. The molecule has 0 rings (SSSR count). The van der Waals surface area contributed by atoms with Gasteiger partial charge in [-0.25, -0.2) is 0 Å². The van der Waals surface area contributed by atoms with E-state index in [0.717, 1.165) is 0 Å². The van der Waals surface area contributed by atoms with Crippen LogP contribution in [0.1, 0.15) is 0 Å². The quantitative estimate of drug-likeness (QED) is 0.485. The van der Waals surface area contributed by atoms with Gasteiger partial charge in [0.15, 0.2) is 0 Å². The van der Waals surface area contributed by atoms with Crippen LogP contribution in [0.5, 0.6) is 0 Å². The Kier molecular flexibility index (Phi) is 20.1. The van der Waals surface area contributed by atoms with Crippen molar-refractivity contribution in [2.24, 2.45) is 0 Å². The second kappa shape index (κ2) is 9.05. The van der Waals surface area contributed by atoms with Crippen LogP contribution in [0.3, 0.4) is 0 Å². The molecular weight excluding hydrogens is 183 g/mol. The molecule has 0 saturated heterocycles. The Labute approximate surface area is 45.3 Å². The van der Waals surface area contributed by atoms with Crippen LogP contribution >= 0.6 is 0 Å². The third kappa shape index (κ3) is 12.5. The summed E-state index contributed by atoms with van der Waals surface area (Å²) in [5.41, 5.74) is 0. The monoisotopic (exact) mass is 183 g/mol. The van der Waals surface area contributed by atoms with Gasteiger partial charge in [-0.1, -0.05) is 0 Å². The number of rotatable bonds is 0. The van der Waals surface area contributed by atoms with Gasteiger partial charge in [0.25, 0.3) is 0 Å². The van der Waals surface area contributed by atoms with Gasteiger partial charge in [-0.2, -0.15) is 0 Å². The zero-order valence-corrected chi connectivity index (χ0v) is 4.85. The third-order valence-electron chi connectivity index (χ3n) is 0.